The van der Waals surface area contributed by atoms with E-state index in [1.807, 2.05) is 0 Å². The Balaban J connectivity index is 2.24. The molecule has 0 unspecified atom stereocenters. The van der Waals surface area contributed by atoms with Gasteiger partial charge in [-0.1, -0.05) is 0 Å². The number of hydrogen-bond donors (Lipinski definition) is 3. The summed E-state index contributed by atoms with van der Waals surface area (Å²) >= 11 is 0. The SMILES string of the molecule is CNc1ccc(C(=O)O)cc1S(=O)(=O)NC[C@H]1CCCO1. The predicted octanol–water partition coefficient (Wildman–Crippen LogP) is 0.884. The molecule has 0 aliphatic carbocycles. The second-order valence-corrected chi connectivity index (χ2v) is 6.49. The van der Waals surface area contributed by atoms with Gasteiger partial charge >= 0.3 is 5.97 Å². The number of ether oxygens (including phenoxy) is 1. The van der Waals surface area contributed by atoms with Gasteiger partial charge in [0.2, 0.25) is 10.0 Å². The van der Waals surface area contributed by atoms with Crippen molar-refractivity contribution >= 4 is 21.7 Å². The van der Waals surface area contributed by atoms with Gasteiger partial charge in [-0.3, -0.25) is 0 Å². The first-order valence-corrected chi connectivity index (χ1v) is 8.08. The number of carboxylic acid groups (broad SMARTS) is 1. The van der Waals surface area contributed by atoms with Gasteiger partial charge in [0.15, 0.2) is 0 Å². The third-order valence-corrected chi connectivity index (χ3v) is 4.78. The van der Waals surface area contributed by atoms with Crippen LogP contribution in [-0.4, -0.2) is 45.8 Å². The maximum Gasteiger partial charge on any atom is 0.335 e. The van der Waals surface area contributed by atoms with Crippen LogP contribution in [0.2, 0.25) is 0 Å². The molecule has 2 rings (SSSR count). The fourth-order valence-electron chi connectivity index (χ4n) is 2.17. The number of nitrogens with one attached hydrogen (secondary N) is 2. The predicted molar refractivity (Wildman–Crippen MR) is 77.1 cm³/mol. The molecular weight excluding hydrogens is 296 g/mol. The Kier molecular flexibility index (Phi) is 4.81. The Labute approximate surface area is 123 Å². The van der Waals surface area contributed by atoms with Gasteiger partial charge in [0.1, 0.15) is 4.90 Å². The first-order chi connectivity index (χ1) is 9.94. The Morgan fingerprint density at radius 2 is 2.24 bits per heavy atom. The number of aromatic carboxylic acids is 1. The number of carboxylic acids is 1. The van der Waals surface area contributed by atoms with E-state index in [0.717, 1.165) is 18.9 Å². The van der Waals surface area contributed by atoms with Gasteiger partial charge in [0.25, 0.3) is 0 Å². The summed E-state index contributed by atoms with van der Waals surface area (Å²) in [6.45, 7) is 0.825. The third-order valence-electron chi connectivity index (χ3n) is 3.31. The summed E-state index contributed by atoms with van der Waals surface area (Å²) < 4.78 is 32.5. The fourth-order valence-corrected chi connectivity index (χ4v) is 3.47. The van der Waals surface area contributed by atoms with Crippen molar-refractivity contribution in [1.82, 2.24) is 4.72 Å². The number of hydrogen-bond acceptors (Lipinski definition) is 5. The molecule has 0 bridgehead atoms. The summed E-state index contributed by atoms with van der Waals surface area (Å²) in [6, 6.07) is 3.93. The molecule has 0 aromatic heterocycles. The Bertz CT molecular complexity index is 623. The van der Waals surface area contributed by atoms with Crippen LogP contribution < -0.4 is 10.0 Å². The molecule has 0 amide bonds. The van der Waals surface area contributed by atoms with Crippen molar-refractivity contribution in [2.24, 2.45) is 0 Å². The molecule has 116 valence electrons. The molecule has 0 spiro atoms. The molecule has 1 aliphatic rings. The van der Waals surface area contributed by atoms with Gasteiger partial charge in [-0.2, -0.15) is 0 Å². The Morgan fingerprint density at radius 1 is 1.48 bits per heavy atom. The van der Waals surface area contributed by atoms with Crippen molar-refractivity contribution in [3.8, 4) is 0 Å². The van der Waals surface area contributed by atoms with Crippen LogP contribution in [0, 0.1) is 0 Å². The van der Waals surface area contributed by atoms with Gasteiger partial charge in [-0.05, 0) is 31.0 Å². The highest BCUT2D eigenvalue weighted by atomic mass is 32.2. The lowest BCUT2D eigenvalue weighted by Gasteiger charge is -2.14. The lowest BCUT2D eigenvalue weighted by atomic mass is 10.2. The minimum atomic E-state index is -3.80. The molecule has 8 heteroatoms. The molecule has 3 N–H and O–H groups in total. The molecule has 21 heavy (non-hydrogen) atoms. The van der Waals surface area contributed by atoms with E-state index in [4.69, 9.17) is 9.84 Å². The lowest BCUT2D eigenvalue weighted by molar-refractivity contribution is 0.0696. The monoisotopic (exact) mass is 314 g/mol. The topological polar surface area (TPSA) is 105 Å². The third kappa shape index (κ3) is 3.72. The summed E-state index contributed by atoms with van der Waals surface area (Å²) in [5.41, 5.74) is 0.270. The highest BCUT2D eigenvalue weighted by Gasteiger charge is 2.23. The van der Waals surface area contributed by atoms with Crippen molar-refractivity contribution in [3.05, 3.63) is 23.8 Å². The maximum atomic E-state index is 12.3. The fraction of sp³-hybridized carbons (Fsp3) is 0.462. The number of sulfonamides is 1. The van der Waals surface area contributed by atoms with Crippen molar-refractivity contribution in [1.29, 1.82) is 0 Å². The first kappa shape index (κ1) is 15.7. The second-order valence-electron chi connectivity index (χ2n) is 4.75. The standard InChI is InChI=1S/C13H18N2O5S/c1-14-11-5-4-9(13(16)17)7-12(11)21(18,19)15-8-10-3-2-6-20-10/h4-5,7,10,14-15H,2-3,6,8H2,1H3,(H,16,17)/t10-/m1/s1. The van der Waals surface area contributed by atoms with Crippen LogP contribution in [0.3, 0.4) is 0 Å². The largest absolute Gasteiger partial charge is 0.478 e. The van der Waals surface area contributed by atoms with Crippen molar-refractivity contribution < 1.29 is 23.1 Å². The zero-order valence-corrected chi connectivity index (χ0v) is 12.4. The van der Waals surface area contributed by atoms with Crippen LogP contribution in [0.15, 0.2) is 23.1 Å². The molecule has 1 aromatic rings. The van der Waals surface area contributed by atoms with Crippen LogP contribution >= 0.6 is 0 Å². The summed E-state index contributed by atoms with van der Waals surface area (Å²) in [7, 11) is -2.22. The Hall–Kier alpha value is -1.64. The maximum absolute atomic E-state index is 12.3. The van der Waals surface area contributed by atoms with Gasteiger partial charge < -0.3 is 15.2 Å². The van der Waals surface area contributed by atoms with E-state index in [0.29, 0.717) is 12.3 Å². The van der Waals surface area contributed by atoms with E-state index in [2.05, 4.69) is 10.0 Å². The molecule has 1 aliphatic heterocycles. The molecule has 1 saturated heterocycles. The molecule has 1 atom stereocenters. The molecule has 1 heterocycles. The number of carbonyl (C=O) groups is 1. The van der Waals surface area contributed by atoms with Gasteiger partial charge in [-0.15, -0.1) is 0 Å². The summed E-state index contributed by atoms with van der Waals surface area (Å²) in [5, 5.41) is 11.7. The van der Waals surface area contributed by atoms with Gasteiger partial charge in [-0.25, -0.2) is 17.9 Å². The van der Waals surface area contributed by atoms with Gasteiger partial charge in [0.05, 0.1) is 17.4 Å². The van der Waals surface area contributed by atoms with Crippen molar-refractivity contribution in [3.63, 3.8) is 0 Å². The lowest BCUT2D eigenvalue weighted by Crippen LogP contribution is -2.32. The second kappa shape index (κ2) is 6.42. The van der Waals surface area contributed by atoms with Crippen LogP contribution in [-0.2, 0) is 14.8 Å². The zero-order chi connectivity index (χ0) is 15.5. The molecule has 1 aromatic carbocycles. The van der Waals surface area contributed by atoms with E-state index in [-0.39, 0.29) is 23.1 Å². The minimum Gasteiger partial charge on any atom is -0.478 e. The zero-order valence-electron chi connectivity index (χ0n) is 11.6. The van der Waals surface area contributed by atoms with Crippen molar-refractivity contribution in [2.75, 3.05) is 25.5 Å². The van der Waals surface area contributed by atoms with E-state index in [1.165, 1.54) is 12.1 Å². The Morgan fingerprint density at radius 3 is 2.81 bits per heavy atom. The van der Waals surface area contributed by atoms with Crippen LogP contribution in [0.5, 0.6) is 0 Å². The van der Waals surface area contributed by atoms with E-state index in [9.17, 15) is 13.2 Å². The summed E-state index contributed by atoms with van der Waals surface area (Å²) in [4.78, 5) is 10.9. The van der Waals surface area contributed by atoms with E-state index in [1.54, 1.807) is 7.05 Å². The molecular formula is C13H18N2O5S. The smallest absolute Gasteiger partial charge is 0.335 e. The van der Waals surface area contributed by atoms with Crippen LogP contribution in [0.4, 0.5) is 5.69 Å². The normalized spacial score (nSPS) is 18.6. The minimum absolute atomic E-state index is 0.0773. The molecule has 7 nitrogen and oxygen atoms in total. The quantitative estimate of drug-likeness (QED) is 0.720. The van der Waals surface area contributed by atoms with Crippen LogP contribution in [0.25, 0.3) is 0 Å². The molecule has 0 radical (unpaired) electrons. The van der Waals surface area contributed by atoms with E-state index >= 15 is 0 Å². The number of rotatable bonds is 6. The first-order valence-electron chi connectivity index (χ1n) is 6.60. The highest BCUT2D eigenvalue weighted by molar-refractivity contribution is 7.89. The van der Waals surface area contributed by atoms with Crippen molar-refractivity contribution in [2.45, 2.75) is 23.8 Å². The number of anilines is 1. The van der Waals surface area contributed by atoms with Gasteiger partial charge in [0, 0.05) is 20.2 Å². The van der Waals surface area contributed by atoms with Crippen LogP contribution in [0.1, 0.15) is 23.2 Å². The number of benzene rings is 1. The average molecular weight is 314 g/mol. The highest BCUT2D eigenvalue weighted by Crippen LogP contribution is 2.23. The molecule has 1 fully saturated rings. The summed E-state index contributed by atoms with van der Waals surface area (Å²) in [5.74, 6) is -1.17. The van der Waals surface area contributed by atoms with E-state index < -0.39 is 16.0 Å². The average Bonchev–Trinajstić information content (AvgIpc) is 2.98. The molecule has 0 saturated carbocycles. The summed E-state index contributed by atoms with van der Waals surface area (Å²) in [6.07, 6.45) is 1.61.